The van der Waals surface area contributed by atoms with Crippen LogP contribution in [0.25, 0.3) is 0 Å². The van der Waals surface area contributed by atoms with Crippen molar-refractivity contribution in [3.8, 4) is 11.5 Å². The number of aromatic hydroxyl groups is 2. The van der Waals surface area contributed by atoms with Crippen molar-refractivity contribution in [2.45, 2.75) is 13.3 Å². The zero-order chi connectivity index (χ0) is 13.8. The lowest BCUT2D eigenvalue weighted by Gasteiger charge is -2.05. The first-order valence-corrected chi connectivity index (χ1v) is 6.73. The monoisotopic (exact) mass is 277 g/mol. The highest BCUT2D eigenvalue weighted by Crippen LogP contribution is 2.24. The summed E-state index contributed by atoms with van der Waals surface area (Å²) in [5.74, 6) is -0.361. The van der Waals surface area contributed by atoms with E-state index >= 15 is 0 Å². The maximum atomic E-state index is 11.8. The Labute approximate surface area is 115 Å². The second-order valence-corrected chi connectivity index (χ2v) is 5.53. The molecule has 1 heterocycles. The number of carbonyl (C=O) groups excluding carboxylic acids is 1. The molecule has 0 atom stereocenters. The molecule has 2 rings (SSSR count). The number of phenolic OH excluding ortho intramolecular Hbond substituents is 2. The van der Waals surface area contributed by atoms with Crippen LogP contribution < -0.4 is 5.32 Å². The standard InChI is InChI=1S/C14H15NO3S/c1-9-2-5-13(19-9)14(18)15-7-6-10-3-4-11(16)12(17)8-10/h2-5,8,16-17H,6-7H2,1H3,(H,15,18). The van der Waals surface area contributed by atoms with Crippen LogP contribution in [0.5, 0.6) is 11.5 Å². The molecule has 0 aliphatic carbocycles. The zero-order valence-electron chi connectivity index (χ0n) is 10.5. The Morgan fingerprint density at radius 3 is 2.63 bits per heavy atom. The molecule has 2 aromatic rings. The van der Waals surface area contributed by atoms with Gasteiger partial charge in [-0.2, -0.15) is 0 Å². The molecule has 1 aromatic heterocycles. The third-order valence-corrected chi connectivity index (χ3v) is 3.70. The maximum absolute atomic E-state index is 11.8. The van der Waals surface area contributed by atoms with Gasteiger partial charge in [0.25, 0.3) is 5.91 Å². The summed E-state index contributed by atoms with van der Waals surface area (Å²) in [6, 6.07) is 8.38. The van der Waals surface area contributed by atoms with Gasteiger partial charge in [-0.25, -0.2) is 0 Å². The number of carbonyl (C=O) groups is 1. The molecule has 0 spiro atoms. The van der Waals surface area contributed by atoms with Gasteiger partial charge in [0.1, 0.15) is 0 Å². The number of nitrogens with one attached hydrogen (secondary N) is 1. The minimum Gasteiger partial charge on any atom is -0.504 e. The molecule has 0 unspecified atom stereocenters. The Morgan fingerprint density at radius 2 is 2.00 bits per heavy atom. The van der Waals surface area contributed by atoms with Crippen molar-refractivity contribution < 1.29 is 15.0 Å². The van der Waals surface area contributed by atoms with Crippen LogP contribution in [0.1, 0.15) is 20.1 Å². The summed E-state index contributed by atoms with van der Waals surface area (Å²) in [7, 11) is 0. The summed E-state index contributed by atoms with van der Waals surface area (Å²) in [6.07, 6.45) is 0.601. The highest BCUT2D eigenvalue weighted by Gasteiger charge is 2.07. The van der Waals surface area contributed by atoms with Crippen molar-refractivity contribution in [1.29, 1.82) is 0 Å². The highest BCUT2D eigenvalue weighted by atomic mass is 32.1. The zero-order valence-corrected chi connectivity index (χ0v) is 11.3. The largest absolute Gasteiger partial charge is 0.504 e. The molecule has 1 amide bonds. The first-order valence-electron chi connectivity index (χ1n) is 5.92. The number of thiophene rings is 1. The van der Waals surface area contributed by atoms with E-state index in [0.29, 0.717) is 17.8 Å². The summed E-state index contributed by atoms with van der Waals surface area (Å²) in [4.78, 5) is 13.6. The minimum atomic E-state index is -0.141. The summed E-state index contributed by atoms with van der Waals surface area (Å²) < 4.78 is 0. The summed E-state index contributed by atoms with van der Waals surface area (Å²) in [5, 5.41) is 21.4. The lowest BCUT2D eigenvalue weighted by molar-refractivity contribution is 0.0958. The number of amides is 1. The second-order valence-electron chi connectivity index (χ2n) is 4.24. The van der Waals surface area contributed by atoms with Crippen molar-refractivity contribution in [1.82, 2.24) is 5.32 Å². The number of rotatable bonds is 4. The van der Waals surface area contributed by atoms with Crippen LogP contribution in [0, 0.1) is 6.92 Å². The molecule has 5 heteroatoms. The van der Waals surface area contributed by atoms with E-state index in [-0.39, 0.29) is 17.4 Å². The fourth-order valence-corrected chi connectivity index (χ4v) is 2.47. The quantitative estimate of drug-likeness (QED) is 0.752. The van der Waals surface area contributed by atoms with E-state index < -0.39 is 0 Å². The fourth-order valence-electron chi connectivity index (χ4n) is 1.69. The topological polar surface area (TPSA) is 69.6 Å². The summed E-state index contributed by atoms with van der Waals surface area (Å²) in [5.41, 5.74) is 0.859. The Bertz CT molecular complexity index is 592. The van der Waals surface area contributed by atoms with E-state index in [9.17, 15) is 15.0 Å². The van der Waals surface area contributed by atoms with Crippen molar-refractivity contribution in [2.24, 2.45) is 0 Å². The van der Waals surface area contributed by atoms with Crippen LogP contribution in [-0.2, 0) is 6.42 Å². The number of hydrogen-bond acceptors (Lipinski definition) is 4. The van der Waals surface area contributed by atoms with Gasteiger partial charge in [0.05, 0.1) is 4.88 Å². The van der Waals surface area contributed by atoms with Gasteiger partial charge >= 0.3 is 0 Å². The third-order valence-electron chi connectivity index (χ3n) is 2.70. The molecule has 0 saturated carbocycles. The molecule has 19 heavy (non-hydrogen) atoms. The van der Waals surface area contributed by atoms with Crippen molar-refractivity contribution in [3.05, 3.63) is 45.6 Å². The first-order chi connectivity index (χ1) is 9.06. The van der Waals surface area contributed by atoms with Crippen LogP contribution in [0.3, 0.4) is 0 Å². The Hall–Kier alpha value is -2.01. The van der Waals surface area contributed by atoms with Crippen LogP contribution in [-0.4, -0.2) is 22.7 Å². The predicted molar refractivity (Wildman–Crippen MR) is 74.9 cm³/mol. The predicted octanol–water partition coefficient (Wildman–Crippen LogP) is 2.44. The maximum Gasteiger partial charge on any atom is 0.261 e. The number of aryl methyl sites for hydroxylation is 1. The summed E-state index contributed by atoms with van der Waals surface area (Å²) >= 11 is 1.46. The lowest BCUT2D eigenvalue weighted by atomic mass is 10.1. The molecule has 0 fully saturated rings. The summed E-state index contributed by atoms with van der Waals surface area (Å²) in [6.45, 7) is 2.45. The Morgan fingerprint density at radius 1 is 1.21 bits per heavy atom. The SMILES string of the molecule is Cc1ccc(C(=O)NCCc2ccc(O)c(O)c2)s1. The molecule has 100 valence electrons. The van der Waals surface area contributed by atoms with Gasteiger partial charge < -0.3 is 15.5 Å². The number of hydrogen-bond donors (Lipinski definition) is 3. The smallest absolute Gasteiger partial charge is 0.261 e. The molecule has 0 radical (unpaired) electrons. The molecule has 0 aliphatic rings. The van der Waals surface area contributed by atoms with Crippen LogP contribution in [0.15, 0.2) is 30.3 Å². The highest BCUT2D eigenvalue weighted by molar-refractivity contribution is 7.13. The van der Waals surface area contributed by atoms with E-state index in [2.05, 4.69) is 5.32 Å². The van der Waals surface area contributed by atoms with E-state index in [1.807, 2.05) is 19.1 Å². The van der Waals surface area contributed by atoms with E-state index in [1.54, 1.807) is 6.07 Å². The van der Waals surface area contributed by atoms with Crippen LogP contribution in [0.2, 0.25) is 0 Å². The van der Waals surface area contributed by atoms with Crippen molar-refractivity contribution >= 4 is 17.2 Å². The number of benzene rings is 1. The first kappa shape index (κ1) is 13.4. The second kappa shape index (κ2) is 5.75. The molecule has 1 aromatic carbocycles. The molecule has 4 nitrogen and oxygen atoms in total. The molecule has 0 aliphatic heterocycles. The van der Waals surface area contributed by atoms with Crippen molar-refractivity contribution in [3.63, 3.8) is 0 Å². The average molecular weight is 277 g/mol. The molecule has 3 N–H and O–H groups in total. The molecular formula is C14H15NO3S. The third kappa shape index (κ3) is 3.48. The molecular weight excluding hydrogens is 262 g/mol. The van der Waals surface area contributed by atoms with E-state index in [0.717, 1.165) is 10.4 Å². The Balaban J connectivity index is 1.86. The molecule has 0 bridgehead atoms. The van der Waals surface area contributed by atoms with Gasteiger partial charge in [0.15, 0.2) is 11.5 Å². The van der Waals surface area contributed by atoms with Gasteiger partial charge in [-0.05, 0) is 43.2 Å². The van der Waals surface area contributed by atoms with Crippen LogP contribution >= 0.6 is 11.3 Å². The lowest BCUT2D eigenvalue weighted by Crippen LogP contribution is -2.24. The normalized spacial score (nSPS) is 10.4. The van der Waals surface area contributed by atoms with Gasteiger partial charge in [-0.15, -0.1) is 11.3 Å². The van der Waals surface area contributed by atoms with Gasteiger partial charge in [-0.3, -0.25) is 4.79 Å². The van der Waals surface area contributed by atoms with E-state index in [1.165, 1.54) is 23.5 Å². The average Bonchev–Trinajstić information content (AvgIpc) is 2.80. The van der Waals surface area contributed by atoms with Gasteiger partial charge in [-0.1, -0.05) is 6.07 Å². The number of phenols is 2. The van der Waals surface area contributed by atoms with E-state index in [4.69, 9.17) is 0 Å². The van der Waals surface area contributed by atoms with Crippen LogP contribution in [0.4, 0.5) is 0 Å². The van der Waals surface area contributed by atoms with Crippen molar-refractivity contribution in [2.75, 3.05) is 6.54 Å². The Kier molecular flexibility index (Phi) is 4.06. The minimum absolute atomic E-state index is 0.0823. The molecule has 0 saturated heterocycles. The fraction of sp³-hybridized carbons (Fsp3) is 0.214. The van der Waals surface area contributed by atoms with Gasteiger partial charge in [0.2, 0.25) is 0 Å². The van der Waals surface area contributed by atoms with Gasteiger partial charge in [0, 0.05) is 11.4 Å².